The summed E-state index contributed by atoms with van der Waals surface area (Å²) in [6.45, 7) is 7.83. The van der Waals surface area contributed by atoms with Crippen LogP contribution in [-0.4, -0.2) is 81.0 Å². The zero-order chi connectivity index (χ0) is 18.1. The Kier molecular flexibility index (Phi) is 4.61. The molecule has 0 radical (unpaired) electrons. The molecule has 134 valence electrons. The van der Waals surface area contributed by atoms with Gasteiger partial charge in [-0.3, -0.25) is 19.1 Å². The number of likely N-dealkylation sites (tertiary alicyclic amines) is 1. The van der Waals surface area contributed by atoms with Crippen LogP contribution in [0.1, 0.15) is 17.3 Å². The molecule has 2 aliphatic heterocycles. The van der Waals surface area contributed by atoms with Crippen molar-refractivity contribution in [2.45, 2.75) is 13.0 Å². The monoisotopic (exact) mass is 345 g/mol. The summed E-state index contributed by atoms with van der Waals surface area (Å²) in [6, 6.07) is -0.0589. The summed E-state index contributed by atoms with van der Waals surface area (Å²) in [7, 11) is 1.77. The van der Waals surface area contributed by atoms with Gasteiger partial charge in [0.05, 0.1) is 17.7 Å². The van der Waals surface area contributed by atoms with Gasteiger partial charge in [-0.1, -0.05) is 6.58 Å². The zero-order valence-corrected chi connectivity index (χ0v) is 14.6. The lowest BCUT2D eigenvalue weighted by Crippen LogP contribution is -2.61. The molecule has 2 aliphatic rings. The molecule has 8 heteroatoms. The number of piperazine rings is 1. The van der Waals surface area contributed by atoms with Crippen molar-refractivity contribution in [3.8, 4) is 0 Å². The van der Waals surface area contributed by atoms with E-state index in [4.69, 9.17) is 0 Å². The van der Waals surface area contributed by atoms with Gasteiger partial charge in [-0.25, -0.2) is 0 Å². The Hall–Kier alpha value is -2.64. The zero-order valence-electron chi connectivity index (χ0n) is 14.6. The molecule has 0 N–H and O–H groups in total. The van der Waals surface area contributed by atoms with Crippen LogP contribution in [0.3, 0.4) is 0 Å². The Morgan fingerprint density at radius 1 is 1.20 bits per heavy atom. The molecule has 8 nitrogen and oxygen atoms in total. The van der Waals surface area contributed by atoms with Crippen LogP contribution < -0.4 is 0 Å². The van der Waals surface area contributed by atoms with Gasteiger partial charge in [0.25, 0.3) is 5.91 Å². The SMILES string of the molecule is C=CC(=O)N1CC(C(=O)N2CCN(C(=O)c3cnn(C)c3)[C@@H](C)C2)C1. The van der Waals surface area contributed by atoms with E-state index in [9.17, 15) is 14.4 Å². The van der Waals surface area contributed by atoms with Crippen molar-refractivity contribution in [1.29, 1.82) is 0 Å². The van der Waals surface area contributed by atoms with Crippen molar-refractivity contribution in [2.24, 2.45) is 13.0 Å². The molecule has 1 aromatic heterocycles. The molecule has 3 amide bonds. The first-order valence-corrected chi connectivity index (χ1v) is 8.40. The number of carbonyl (C=O) groups excluding carboxylic acids is 3. The number of hydrogen-bond donors (Lipinski definition) is 0. The third kappa shape index (κ3) is 3.29. The Balaban J connectivity index is 1.55. The van der Waals surface area contributed by atoms with Crippen LogP contribution in [0.4, 0.5) is 0 Å². The lowest BCUT2D eigenvalue weighted by Gasteiger charge is -2.44. The van der Waals surface area contributed by atoms with E-state index in [0.29, 0.717) is 38.3 Å². The van der Waals surface area contributed by atoms with Gasteiger partial charge in [0.2, 0.25) is 11.8 Å². The average molecular weight is 345 g/mol. The number of amides is 3. The van der Waals surface area contributed by atoms with E-state index in [-0.39, 0.29) is 29.7 Å². The molecule has 0 aromatic carbocycles. The number of hydrogen-bond acceptors (Lipinski definition) is 4. The number of aryl methyl sites for hydroxylation is 1. The molecule has 2 fully saturated rings. The smallest absolute Gasteiger partial charge is 0.257 e. The summed E-state index contributed by atoms with van der Waals surface area (Å²) in [4.78, 5) is 41.8. The Morgan fingerprint density at radius 3 is 2.48 bits per heavy atom. The second kappa shape index (κ2) is 6.70. The molecule has 0 unspecified atom stereocenters. The van der Waals surface area contributed by atoms with Gasteiger partial charge in [-0.15, -0.1) is 0 Å². The van der Waals surface area contributed by atoms with Gasteiger partial charge in [-0.2, -0.15) is 5.10 Å². The van der Waals surface area contributed by atoms with Crippen molar-refractivity contribution in [3.05, 3.63) is 30.6 Å². The maximum Gasteiger partial charge on any atom is 0.257 e. The van der Waals surface area contributed by atoms with Gasteiger partial charge in [0.15, 0.2) is 0 Å². The topological polar surface area (TPSA) is 78.8 Å². The van der Waals surface area contributed by atoms with Crippen molar-refractivity contribution < 1.29 is 14.4 Å². The van der Waals surface area contributed by atoms with E-state index in [1.807, 2.05) is 6.92 Å². The molecule has 0 aliphatic carbocycles. The fourth-order valence-electron chi connectivity index (χ4n) is 3.36. The fraction of sp³-hybridized carbons (Fsp3) is 0.529. The summed E-state index contributed by atoms with van der Waals surface area (Å²) in [5.41, 5.74) is 0.562. The first kappa shape index (κ1) is 17.2. The Morgan fingerprint density at radius 2 is 1.92 bits per heavy atom. The van der Waals surface area contributed by atoms with Crippen molar-refractivity contribution in [1.82, 2.24) is 24.5 Å². The molecule has 0 bridgehead atoms. The molecule has 1 atom stereocenters. The molecule has 3 rings (SSSR count). The van der Waals surface area contributed by atoms with Crippen LogP contribution in [0.25, 0.3) is 0 Å². The van der Waals surface area contributed by atoms with Gasteiger partial charge < -0.3 is 14.7 Å². The van der Waals surface area contributed by atoms with Gasteiger partial charge in [-0.05, 0) is 13.0 Å². The minimum Gasteiger partial charge on any atom is -0.339 e. The summed E-state index contributed by atoms with van der Waals surface area (Å²) >= 11 is 0. The minimum absolute atomic E-state index is 0.0564. The van der Waals surface area contributed by atoms with Gasteiger partial charge in [0.1, 0.15) is 0 Å². The van der Waals surface area contributed by atoms with Crippen molar-refractivity contribution >= 4 is 17.7 Å². The standard InChI is InChI=1S/C17H23N5O3/c1-4-15(23)21-10-14(11-21)16(24)20-5-6-22(12(2)8-20)17(25)13-7-18-19(3)9-13/h4,7,9,12,14H,1,5-6,8,10-11H2,2-3H3/t12-/m0/s1. The maximum absolute atomic E-state index is 12.6. The first-order valence-electron chi connectivity index (χ1n) is 8.40. The quantitative estimate of drug-likeness (QED) is 0.707. The van der Waals surface area contributed by atoms with E-state index in [0.717, 1.165) is 0 Å². The lowest BCUT2D eigenvalue weighted by molar-refractivity contribution is -0.148. The summed E-state index contributed by atoms with van der Waals surface area (Å²) in [6.07, 6.45) is 4.53. The second-order valence-electron chi connectivity index (χ2n) is 6.68. The maximum atomic E-state index is 12.6. The Labute approximate surface area is 146 Å². The fourth-order valence-corrected chi connectivity index (χ4v) is 3.36. The van der Waals surface area contributed by atoms with E-state index in [1.165, 1.54) is 6.08 Å². The lowest BCUT2D eigenvalue weighted by atomic mass is 9.97. The molecular formula is C17H23N5O3. The predicted molar refractivity (Wildman–Crippen MR) is 90.6 cm³/mol. The second-order valence-corrected chi connectivity index (χ2v) is 6.68. The normalized spacial score (nSPS) is 21.0. The van der Waals surface area contributed by atoms with Crippen LogP contribution >= 0.6 is 0 Å². The molecule has 0 saturated carbocycles. The van der Waals surface area contributed by atoms with Crippen molar-refractivity contribution in [3.63, 3.8) is 0 Å². The summed E-state index contributed by atoms with van der Waals surface area (Å²) in [5, 5.41) is 4.04. The van der Waals surface area contributed by atoms with Crippen LogP contribution in [0.2, 0.25) is 0 Å². The molecule has 2 saturated heterocycles. The van der Waals surface area contributed by atoms with Gasteiger partial charge in [0, 0.05) is 52.0 Å². The predicted octanol–water partition coefficient (Wildman–Crippen LogP) is -0.263. The highest BCUT2D eigenvalue weighted by atomic mass is 16.2. The van der Waals surface area contributed by atoms with Crippen LogP contribution in [0, 0.1) is 5.92 Å². The Bertz CT molecular complexity index is 707. The number of nitrogens with zero attached hydrogens (tertiary/aromatic N) is 5. The minimum atomic E-state index is -0.142. The molecule has 3 heterocycles. The van der Waals surface area contributed by atoms with E-state index in [2.05, 4.69) is 11.7 Å². The number of carbonyl (C=O) groups is 3. The molecule has 25 heavy (non-hydrogen) atoms. The van der Waals surface area contributed by atoms with Gasteiger partial charge >= 0.3 is 0 Å². The third-order valence-corrected chi connectivity index (χ3v) is 4.87. The summed E-state index contributed by atoms with van der Waals surface area (Å²) in [5.74, 6) is -0.270. The van der Waals surface area contributed by atoms with E-state index in [1.54, 1.807) is 38.8 Å². The number of rotatable bonds is 3. The highest BCUT2D eigenvalue weighted by Crippen LogP contribution is 2.21. The number of aromatic nitrogens is 2. The molecule has 1 aromatic rings. The first-order chi connectivity index (χ1) is 11.9. The highest BCUT2D eigenvalue weighted by molar-refractivity contribution is 5.94. The molecule has 0 spiro atoms. The van der Waals surface area contributed by atoms with E-state index < -0.39 is 0 Å². The van der Waals surface area contributed by atoms with Crippen LogP contribution in [0.15, 0.2) is 25.0 Å². The highest BCUT2D eigenvalue weighted by Gasteiger charge is 2.39. The summed E-state index contributed by atoms with van der Waals surface area (Å²) < 4.78 is 1.60. The van der Waals surface area contributed by atoms with Crippen molar-refractivity contribution in [2.75, 3.05) is 32.7 Å². The third-order valence-electron chi connectivity index (χ3n) is 4.87. The van der Waals surface area contributed by atoms with E-state index >= 15 is 0 Å². The van der Waals surface area contributed by atoms with Crippen LogP contribution in [-0.2, 0) is 16.6 Å². The molecular weight excluding hydrogens is 322 g/mol. The average Bonchev–Trinajstić information content (AvgIpc) is 2.98. The largest absolute Gasteiger partial charge is 0.339 e. The van der Waals surface area contributed by atoms with Crippen LogP contribution in [0.5, 0.6) is 0 Å².